The summed E-state index contributed by atoms with van der Waals surface area (Å²) in [6, 6.07) is 7.45. The number of halogens is 2. The van der Waals surface area contributed by atoms with Crippen LogP contribution in [0.5, 0.6) is 11.5 Å². The molecule has 34 heavy (non-hydrogen) atoms. The van der Waals surface area contributed by atoms with Gasteiger partial charge in [-0.15, -0.1) is 0 Å². The predicted octanol–water partition coefficient (Wildman–Crippen LogP) is 7.88. The maximum atomic E-state index is 11.3. The molecule has 0 aliphatic carbocycles. The van der Waals surface area contributed by atoms with Crippen LogP contribution in [0.15, 0.2) is 33.2 Å². The molecule has 2 rings (SSSR count). The van der Waals surface area contributed by atoms with E-state index >= 15 is 0 Å². The quantitative estimate of drug-likeness (QED) is 0.279. The van der Waals surface area contributed by atoms with Crippen LogP contribution < -0.4 is 4.74 Å². The molecule has 190 valence electrons. The Morgan fingerprint density at radius 2 is 1.29 bits per heavy atom. The highest BCUT2D eigenvalue weighted by Gasteiger charge is 2.30. The fourth-order valence-electron chi connectivity index (χ4n) is 3.31. The van der Waals surface area contributed by atoms with E-state index in [9.17, 15) is 9.90 Å². The van der Waals surface area contributed by atoms with Crippen molar-refractivity contribution >= 4 is 37.6 Å². The first-order chi connectivity index (χ1) is 15.4. The van der Waals surface area contributed by atoms with Gasteiger partial charge in [0.15, 0.2) is 11.6 Å². The molecule has 2 aromatic carbocycles. The van der Waals surface area contributed by atoms with Crippen LogP contribution in [-0.4, -0.2) is 32.2 Å². The van der Waals surface area contributed by atoms with E-state index in [1.165, 1.54) is 6.92 Å². The van der Waals surface area contributed by atoms with Gasteiger partial charge in [-0.05, 0) is 80.8 Å². The Morgan fingerprint density at radius 1 is 0.794 bits per heavy atom. The van der Waals surface area contributed by atoms with Crippen molar-refractivity contribution in [3.8, 4) is 11.5 Å². The number of methoxy groups -OCH3 is 3. The molecule has 2 aromatic rings. The fraction of sp³-hybridized carbons (Fsp3) is 0.519. The molecule has 0 saturated carbocycles. The van der Waals surface area contributed by atoms with Crippen LogP contribution in [0.2, 0.25) is 0 Å². The topological polar surface area (TPSA) is 65.0 Å². The normalized spacial score (nSPS) is 12.1. The van der Waals surface area contributed by atoms with Gasteiger partial charge < -0.3 is 19.3 Å². The summed E-state index contributed by atoms with van der Waals surface area (Å²) in [4.78, 5) is 11.3. The van der Waals surface area contributed by atoms with Crippen molar-refractivity contribution in [2.24, 2.45) is 0 Å². The van der Waals surface area contributed by atoms with Crippen LogP contribution in [0.4, 0.5) is 0 Å². The molecule has 0 radical (unpaired) electrons. The molecule has 0 heterocycles. The van der Waals surface area contributed by atoms with Gasteiger partial charge in [0.2, 0.25) is 0 Å². The average molecular weight is 602 g/mol. The maximum absolute atomic E-state index is 11.3. The summed E-state index contributed by atoms with van der Waals surface area (Å²) < 4.78 is 17.9. The molecule has 7 heteroatoms. The summed E-state index contributed by atoms with van der Waals surface area (Å²) in [5, 5.41) is 9.88. The standard InChI is InChI=1S/C15H23BrO3.C12H15BrO2/c1-14(2,3)11-8-10(15(4,18-6)19-7)9-12(16)13(11)17-5;1-7(14)8-5-9(12(2,3)4)11(15)10(13)6-8/h8-9H,1-7H3;5-6,15H,1-4H3. The number of phenolic OH excluding ortho intramolecular Hbond substituents is 1. The minimum absolute atomic E-state index is 0.00111. The SMILES string of the molecule is CC(=O)c1cc(Br)c(O)c(C(C)(C)C)c1.COc1c(Br)cc(C(C)(OC)OC)cc1C(C)(C)C. The monoisotopic (exact) mass is 600 g/mol. The minimum atomic E-state index is -0.769. The van der Waals surface area contributed by atoms with Gasteiger partial charge >= 0.3 is 0 Å². The molecule has 0 aromatic heterocycles. The number of carbonyl (C=O) groups is 1. The first-order valence-electron chi connectivity index (χ1n) is 11.0. The van der Waals surface area contributed by atoms with Crippen LogP contribution in [0.25, 0.3) is 0 Å². The Hall–Kier alpha value is -1.41. The molecule has 0 aliphatic heterocycles. The second kappa shape index (κ2) is 11.5. The summed E-state index contributed by atoms with van der Waals surface area (Å²) in [7, 11) is 4.96. The van der Waals surface area contributed by atoms with Crippen LogP contribution in [0, 0.1) is 0 Å². The lowest BCUT2D eigenvalue weighted by Crippen LogP contribution is -2.27. The van der Waals surface area contributed by atoms with Gasteiger partial charge in [-0.2, -0.15) is 0 Å². The fourth-order valence-corrected chi connectivity index (χ4v) is 4.40. The van der Waals surface area contributed by atoms with Crippen molar-refractivity contribution < 1.29 is 24.1 Å². The molecular formula is C27H38Br2O5. The molecule has 0 saturated heterocycles. The Kier molecular flexibility index (Phi) is 10.4. The zero-order valence-corrected chi connectivity index (χ0v) is 25.3. The van der Waals surface area contributed by atoms with E-state index in [0.29, 0.717) is 10.0 Å². The number of hydrogen-bond donors (Lipinski definition) is 1. The van der Waals surface area contributed by atoms with Crippen LogP contribution in [0.3, 0.4) is 0 Å². The molecule has 0 aliphatic rings. The predicted molar refractivity (Wildman–Crippen MR) is 145 cm³/mol. The van der Waals surface area contributed by atoms with E-state index in [1.807, 2.05) is 33.8 Å². The van der Waals surface area contributed by atoms with E-state index in [4.69, 9.17) is 14.2 Å². The van der Waals surface area contributed by atoms with Crippen LogP contribution >= 0.6 is 31.9 Å². The average Bonchev–Trinajstić information content (AvgIpc) is 2.73. The van der Waals surface area contributed by atoms with E-state index < -0.39 is 5.79 Å². The van der Waals surface area contributed by atoms with Gasteiger partial charge in [0.05, 0.1) is 16.1 Å². The molecule has 0 unspecified atom stereocenters. The zero-order chi connectivity index (χ0) is 26.6. The Labute approximate surface area is 221 Å². The number of hydrogen-bond acceptors (Lipinski definition) is 5. The first-order valence-corrected chi connectivity index (χ1v) is 12.5. The molecule has 0 fully saturated rings. The number of rotatable bonds is 5. The molecule has 0 bridgehead atoms. The maximum Gasteiger partial charge on any atom is 0.191 e. The number of ether oxygens (including phenoxy) is 3. The van der Waals surface area contributed by atoms with Crippen molar-refractivity contribution in [2.75, 3.05) is 21.3 Å². The zero-order valence-electron chi connectivity index (χ0n) is 22.1. The summed E-state index contributed by atoms with van der Waals surface area (Å²) in [5.74, 6) is 0.300. The molecule has 0 spiro atoms. The van der Waals surface area contributed by atoms with Crippen molar-refractivity contribution in [2.45, 2.75) is 72.0 Å². The lowest BCUT2D eigenvalue weighted by molar-refractivity contribution is -0.201. The van der Waals surface area contributed by atoms with Gasteiger partial charge in [0.25, 0.3) is 0 Å². The van der Waals surface area contributed by atoms with E-state index in [1.54, 1.807) is 33.5 Å². The van der Waals surface area contributed by atoms with Crippen LogP contribution in [0.1, 0.15) is 82.4 Å². The Balaban J connectivity index is 0.000000350. The highest BCUT2D eigenvalue weighted by atomic mass is 79.9. The minimum Gasteiger partial charge on any atom is -0.506 e. The van der Waals surface area contributed by atoms with Crippen molar-refractivity contribution in [1.29, 1.82) is 0 Å². The van der Waals surface area contributed by atoms with Crippen LogP contribution in [-0.2, 0) is 26.1 Å². The highest BCUT2D eigenvalue weighted by Crippen LogP contribution is 2.41. The van der Waals surface area contributed by atoms with Gasteiger partial charge in [-0.25, -0.2) is 0 Å². The smallest absolute Gasteiger partial charge is 0.191 e. The van der Waals surface area contributed by atoms with Gasteiger partial charge in [0.1, 0.15) is 11.5 Å². The van der Waals surface area contributed by atoms with E-state index in [-0.39, 0.29) is 22.4 Å². The first kappa shape index (κ1) is 30.6. The molecule has 0 amide bonds. The molecular weight excluding hydrogens is 564 g/mol. The van der Waals surface area contributed by atoms with Gasteiger partial charge in [0, 0.05) is 36.5 Å². The number of benzene rings is 2. The van der Waals surface area contributed by atoms with Gasteiger partial charge in [-0.3, -0.25) is 4.79 Å². The van der Waals surface area contributed by atoms with Crippen molar-refractivity contribution in [1.82, 2.24) is 0 Å². The van der Waals surface area contributed by atoms with E-state index in [2.05, 4.69) is 58.7 Å². The molecule has 0 atom stereocenters. The number of aromatic hydroxyl groups is 1. The van der Waals surface area contributed by atoms with Crippen molar-refractivity contribution in [3.05, 3.63) is 55.5 Å². The number of carbonyl (C=O) groups excluding carboxylic acids is 1. The largest absolute Gasteiger partial charge is 0.506 e. The second-order valence-electron chi connectivity index (χ2n) is 10.3. The summed E-state index contributed by atoms with van der Waals surface area (Å²) in [6.45, 7) is 15.9. The second-order valence-corrected chi connectivity index (χ2v) is 12.0. The Morgan fingerprint density at radius 3 is 1.68 bits per heavy atom. The highest BCUT2D eigenvalue weighted by molar-refractivity contribution is 9.10. The third-order valence-corrected chi connectivity index (χ3v) is 6.83. The summed E-state index contributed by atoms with van der Waals surface area (Å²) in [6.07, 6.45) is 0. The van der Waals surface area contributed by atoms with Gasteiger partial charge in [-0.1, -0.05) is 41.5 Å². The third kappa shape index (κ3) is 7.30. The van der Waals surface area contributed by atoms with Crippen molar-refractivity contribution in [3.63, 3.8) is 0 Å². The summed E-state index contributed by atoms with van der Waals surface area (Å²) in [5.41, 5.74) is 3.24. The Bertz CT molecular complexity index is 1010. The molecule has 1 N–H and O–H groups in total. The number of phenols is 1. The summed E-state index contributed by atoms with van der Waals surface area (Å²) >= 11 is 6.82. The number of ketones is 1. The van der Waals surface area contributed by atoms with E-state index in [0.717, 1.165) is 26.9 Å². The third-order valence-electron chi connectivity index (χ3n) is 5.64. The molecule has 5 nitrogen and oxygen atoms in total. The number of Topliss-reactive ketones (excluding diaryl/α,β-unsaturated/α-hetero) is 1. The lowest BCUT2D eigenvalue weighted by atomic mass is 9.84. The lowest BCUT2D eigenvalue weighted by Gasteiger charge is -2.30.